The summed E-state index contributed by atoms with van der Waals surface area (Å²) < 4.78 is 5.84. The smallest absolute Gasteiger partial charge is 0.222 e. The molecule has 168 valence electrons. The molecule has 1 aliphatic heterocycles. The van der Waals surface area contributed by atoms with Crippen molar-refractivity contribution in [2.24, 2.45) is 4.99 Å². The number of carbonyl (C=O) groups is 1. The lowest BCUT2D eigenvalue weighted by atomic mass is 10.2. The van der Waals surface area contributed by atoms with Gasteiger partial charge in [0.15, 0.2) is 5.96 Å². The van der Waals surface area contributed by atoms with Crippen molar-refractivity contribution in [3.8, 4) is 5.75 Å². The first kappa shape index (κ1) is 24.0. The highest BCUT2D eigenvalue weighted by Crippen LogP contribution is 2.13. The standard InChI is InChI=1S/C23H39N5O2/c1-4-24-23(25-14-8-16-28-15-7-9-22(28)29)26-19-20-10-12-21(13-11-20)30-18-17-27(5-2)6-3/h10-13H,4-9,14-19H2,1-3H3,(H2,24,25,26). The predicted molar refractivity (Wildman–Crippen MR) is 123 cm³/mol. The summed E-state index contributed by atoms with van der Waals surface area (Å²) in [6.45, 7) is 14.1. The first-order valence-corrected chi connectivity index (χ1v) is 11.4. The summed E-state index contributed by atoms with van der Waals surface area (Å²) in [5.41, 5.74) is 1.14. The molecule has 30 heavy (non-hydrogen) atoms. The molecule has 0 unspecified atom stereocenters. The van der Waals surface area contributed by atoms with Gasteiger partial charge in [-0.05, 0) is 50.6 Å². The van der Waals surface area contributed by atoms with Crippen LogP contribution in [0.2, 0.25) is 0 Å². The quantitative estimate of drug-likeness (QED) is 0.293. The van der Waals surface area contributed by atoms with Crippen molar-refractivity contribution in [3.63, 3.8) is 0 Å². The minimum Gasteiger partial charge on any atom is -0.492 e. The largest absolute Gasteiger partial charge is 0.492 e. The Bertz CT molecular complexity index is 643. The topological polar surface area (TPSA) is 69.2 Å². The number of ether oxygens (including phenoxy) is 1. The van der Waals surface area contributed by atoms with Crippen molar-refractivity contribution in [2.75, 3.05) is 52.4 Å². The Labute approximate surface area is 181 Å². The molecule has 1 amide bonds. The maximum absolute atomic E-state index is 11.7. The molecule has 0 bridgehead atoms. The lowest BCUT2D eigenvalue weighted by Gasteiger charge is -2.18. The molecular formula is C23H39N5O2. The average Bonchev–Trinajstić information content (AvgIpc) is 3.18. The fourth-order valence-electron chi connectivity index (χ4n) is 3.45. The second-order valence-corrected chi connectivity index (χ2v) is 7.48. The molecule has 0 saturated carbocycles. The van der Waals surface area contributed by atoms with E-state index in [0.717, 1.165) is 75.9 Å². The van der Waals surface area contributed by atoms with Gasteiger partial charge in [-0.15, -0.1) is 0 Å². The predicted octanol–water partition coefficient (Wildman–Crippen LogP) is 2.47. The van der Waals surface area contributed by atoms with Gasteiger partial charge in [0.2, 0.25) is 5.91 Å². The summed E-state index contributed by atoms with van der Waals surface area (Å²) in [5, 5.41) is 6.64. The number of aliphatic imine (C=N–C) groups is 1. The molecule has 0 atom stereocenters. The van der Waals surface area contributed by atoms with Gasteiger partial charge in [0, 0.05) is 39.1 Å². The van der Waals surface area contributed by atoms with E-state index in [0.29, 0.717) is 19.6 Å². The number of hydrogen-bond donors (Lipinski definition) is 2. The summed E-state index contributed by atoms with van der Waals surface area (Å²) >= 11 is 0. The zero-order chi connectivity index (χ0) is 21.6. The lowest BCUT2D eigenvalue weighted by Crippen LogP contribution is -2.39. The number of carbonyl (C=O) groups excluding carboxylic acids is 1. The Balaban J connectivity index is 1.73. The van der Waals surface area contributed by atoms with E-state index in [4.69, 9.17) is 4.74 Å². The number of amides is 1. The second kappa shape index (κ2) is 13.9. The van der Waals surface area contributed by atoms with Crippen molar-refractivity contribution in [1.29, 1.82) is 0 Å². The lowest BCUT2D eigenvalue weighted by molar-refractivity contribution is -0.127. The molecule has 1 saturated heterocycles. The van der Waals surface area contributed by atoms with Crippen LogP contribution in [0.4, 0.5) is 0 Å². The fraction of sp³-hybridized carbons (Fsp3) is 0.652. The van der Waals surface area contributed by atoms with E-state index < -0.39 is 0 Å². The van der Waals surface area contributed by atoms with Gasteiger partial charge in [-0.1, -0.05) is 26.0 Å². The van der Waals surface area contributed by atoms with Gasteiger partial charge >= 0.3 is 0 Å². The van der Waals surface area contributed by atoms with Crippen LogP contribution in [0.3, 0.4) is 0 Å². The highest BCUT2D eigenvalue weighted by atomic mass is 16.5. The number of nitrogens with one attached hydrogen (secondary N) is 2. The van der Waals surface area contributed by atoms with E-state index in [9.17, 15) is 4.79 Å². The summed E-state index contributed by atoms with van der Waals surface area (Å²) in [4.78, 5) is 20.6. The zero-order valence-electron chi connectivity index (χ0n) is 19.0. The Kier molecular flexibility index (Phi) is 11.1. The molecule has 7 nitrogen and oxygen atoms in total. The molecule has 1 aromatic carbocycles. The van der Waals surface area contributed by atoms with Crippen LogP contribution >= 0.6 is 0 Å². The molecule has 7 heteroatoms. The minimum atomic E-state index is 0.288. The van der Waals surface area contributed by atoms with E-state index in [1.165, 1.54) is 0 Å². The molecule has 2 rings (SSSR count). The van der Waals surface area contributed by atoms with Crippen molar-refractivity contribution in [2.45, 2.75) is 46.6 Å². The molecule has 0 aromatic heterocycles. The number of hydrogen-bond acceptors (Lipinski definition) is 4. The van der Waals surface area contributed by atoms with Crippen molar-refractivity contribution in [1.82, 2.24) is 20.4 Å². The minimum absolute atomic E-state index is 0.288. The van der Waals surface area contributed by atoms with Crippen LogP contribution in [0.15, 0.2) is 29.3 Å². The van der Waals surface area contributed by atoms with E-state index in [-0.39, 0.29) is 5.91 Å². The van der Waals surface area contributed by atoms with Crippen molar-refractivity contribution >= 4 is 11.9 Å². The van der Waals surface area contributed by atoms with E-state index in [1.54, 1.807) is 0 Å². The van der Waals surface area contributed by atoms with E-state index in [1.807, 2.05) is 17.0 Å². The normalized spacial score (nSPS) is 14.5. The maximum atomic E-state index is 11.7. The van der Waals surface area contributed by atoms with Crippen LogP contribution in [0.25, 0.3) is 0 Å². The molecular weight excluding hydrogens is 378 g/mol. The van der Waals surface area contributed by atoms with Crippen LogP contribution in [0.5, 0.6) is 5.75 Å². The highest BCUT2D eigenvalue weighted by Gasteiger charge is 2.18. The van der Waals surface area contributed by atoms with E-state index in [2.05, 4.69) is 53.4 Å². The van der Waals surface area contributed by atoms with Crippen LogP contribution in [-0.2, 0) is 11.3 Å². The zero-order valence-corrected chi connectivity index (χ0v) is 19.0. The third-order valence-corrected chi connectivity index (χ3v) is 5.33. The van der Waals surface area contributed by atoms with Crippen LogP contribution in [0.1, 0.15) is 45.6 Å². The number of likely N-dealkylation sites (N-methyl/N-ethyl adjacent to an activating group) is 1. The van der Waals surface area contributed by atoms with Gasteiger partial charge in [-0.2, -0.15) is 0 Å². The number of likely N-dealkylation sites (tertiary alicyclic amines) is 1. The van der Waals surface area contributed by atoms with Gasteiger partial charge < -0.3 is 25.2 Å². The van der Waals surface area contributed by atoms with Crippen LogP contribution in [-0.4, -0.2) is 74.1 Å². The molecule has 1 aromatic rings. The highest BCUT2D eigenvalue weighted by molar-refractivity contribution is 5.79. The molecule has 0 radical (unpaired) electrons. The maximum Gasteiger partial charge on any atom is 0.222 e. The fourth-order valence-corrected chi connectivity index (χ4v) is 3.45. The van der Waals surface area contributed by atoms with Crippen molar-refractivity contribution in [3.05, 3.63) is 29.8 Å². The van der Waals surface area contributed by atoms with Gasteiger partial charge in [0.1, 0.15) is 12.4 Å². The van der Waals surface area contributed by atoms with Gasteiger partial charge in [-0.3, -0.25) is 4.79 Å². The second-order valence-electron chi connectivity index (χ2n) is 7.48. The molecule has 0 aliphatic carbocycles. The monoisotopic (exact) mass is 417 g/mol. The number of rotatable bonds is 13. The summed E-state index contributed by atoms with van der Waals surface area (Å²) in [6.07, 6.45) is 2.63. The summed E-state index contributed by atoms with van der Waals surface area (Å²) in [5.74, 6) is 2.00. The van der Waals surface area contributed by atoms with Crippen LogP contribution in [0, 0.1) is 0 Å². The Morgan fingerprint density at radius 2 is 1.93 bits per heavy atom. The molecule has 1 aliphatic rings. The third-order valence-electron chi connectivity index (χ3n) is 5.33. The van der Waals surface area contributed by atoms with Crippen molar-refractivity contribution < 1.29 is 9.53 Å². The first-order valence-electron chi connectivity index (χ1n) is 11.4. The molecule has 0 spiro atoms. The number of benzene rings is 1. The van der Waals surface area contributed by atoms with E-state index >= 15 is 0 Å². The molecule has 1 fully saturated rings. The SMILES string of the molecule is CCNC(=NCc1ccc(OCCN(CC)CC)cc1)NCCCN1CCCC1=O. The Morgan fingerprint density at radius 3 is 2.57 bits per heavy atom. The third kappa shape index (κ3) is 8.61. The number of nitrogens with zero attached hydrogens (tertiary/aromatic N) is 3. The Morgan fingerprint density at radius 1 is 1.17 bits per heavy atom. The summed E-state index contributed by atoms with van der Waals surface area (Å²) in [7, 11) is 0. The number of guanidine groups is 1. The van der Waals surface area contributed by atoms with Gasteiger partial charge in [0.25, 0.3) is 0 Å². The molecule has 1 heterocycles. The first-order chi connectivity index (χ1) is 14.7. The Hall–Kier alpha value is -2.28. The van der Waals surface area contributed by atoms with Gasteiger partial charge in [0.05, 0.1) is 6.54 Å². The van der Waals surface area contributed by atoms with Gasteiger partial charge in [-0.25, -0.2) is 4.99 Å². The molecule has 2 N–H and O–H groups in total. The average molecular weight is 418 g/mol. The van der Waals surface area contributed by atoms with Crippen LogP contribution < -0.4 is 15.4 Å². The summed E-state index contributed by atoms with van der Waals surface area (Å²) in [6, 6.07) is 8.17.